The second-order valence-corrected chi connectivity index (χ2v) is 9.57. The summed E-state index contributed by atoms with van der Waals surface area (Å²) in [6.45, 7) is 4.90. The lowest BCUT2D eigenvalue weighted by molar-refractivity contribution is -0.136. The average molecular weight is 489 g/mol. The van der Waals surface area contributed by atoms with E-state index in [9.17, 15) is 9.90 Å². The number of amides is 1. The van der Waals surface area contributed by atoms with Crippen LogP contribution in [-0.4, -0.2) is 39.7 Å². The summed E-state index contributed by atoms with van der Waals surface area (Å²) < 4.78 is 0. The average Bonchev–Trinajstić information content (AvgIpc) is 2.84. The zero-order valence-electron chi connectivity index (χ0n) is 20.1. The predicted octanol–water partition coefficient (Wildman–Crippen LogP) is 3.82. The fourth-order valence-electron chi connectivity index (χ4n) is 4.75. The lowest BCUT2D eigenvalue weighted by Crippen LogP contribution is -2.55. The number of aryl methyl sites for hydroxylation is 2. The van der Waals surface area contributed by atoms with Crippen LogP contribution in [0.2, 0.25) is 0 Å². The zero-order chi connectivity index (χ0) is 24.9. The minimum absolute atomic E-state index is 0.0824. The summed E-state index contributed by atoms with van der Waals surface area (Å²) in [4.78, 5) is 15.5. The standard InChI is InChI=1S/C28H32N4O2S/c1-18-12-24(33)13-19(2)25(18)15-26(29)27(34)32-17-21-9-7-6-8-20(21)14-23(32)16-30-28(35)31-22-10-4-3-5-11-22/h3-13,23,26,33H,14-17,29H2,1-2H3,(H2,30,31,35)/t23-,26-/m0/s1. The summed E-state index contributed by atoms with van der Waals surface area (Å²) >= 11 is 5.49. The molecule has 3 aromatic carbocycles. The number of anilines is 1. The summed E-state index contributed by atoms with van der Waals surface area (Å²) in [5, 5.41) is 16.9. The monoisotopic (exact) mass is 488 g/mol. The Morgan fingerprint density at radius 3 is 2.40 bits per heavy atom. The Balaban J connectivity index is 1.49. The topological polar surface area (TPSA) is 90.6 Å². The molecular formula is C28H32N4O2S. The molecule has 1 aliphatic rings. The first-order chi connectivity index (χ1) is 16.8. The highest BCUT2D eigenvalue weighted by Gasteiger charge is 2.32. The molecule has 0 unspecified atom stereocenters. The Hall–Kier alpha value is -3.42. The van der Waals surface area contributed by atoms with Gasteiger partial charge in [0.25, 0.3) is 0 Å². The third-order valence-electron chi connectivity index (χ3n) is 6.59. The van der Waals surface area contributed by atoms with E-state index in [1.807, 2.05) is 61.2 Å². The molecule has 7 heteroatoms. The zero-order valence-corrected chi connectivity index (χ0v) is 20.9. The number of fused-ring (bicyclic) bond motifs is 1. The Morgan fingerprint density at radius 1 is 1.09 bits per heavy atom. The Labute approximate surface area is 212 Å². The molecule has 0 spiro atoms. The maximum Gasteiger partial charge on any atom is 0.240 e. The number of benzene rings is 3. The van der Waals surface area contributed by atoms with E-state index in [1.165, 1.54) is 5.56 Å². The van der Waals surface area contributed by atoms with Gasteiger partial charge in [-0.25, -0.2) is 0 Å². The number of carbonyl (C=O) groups excluding carboxylic acids is 1. The van der Waals surface area contributed by atoms with Gasteiger partial charge in [0.05, 0.1) is 12.1 Å². The van der Waals surface area contributed by atoms with Crippen LogP contribution < -0.4 is 16.4 Å². The number of rotatable bonds is 6. The van der Waals surface area contributed by atoms with Crippen molar-refractivity contribution in [1.82, 2.24) is 10.2 Å². The van der Waals surface area contributed by atoms with E-state index >= 15 is 0 Å². The number of nitrogens with zero attached hydrogens (tertiary/aromatic N) is 1. The van der Waals surface area contributed by atoms with Crippen molar-refractivity contribution in [1.29, 1.82) is 0 Å². The molecule has 0 saturated heterocycles. The molecule has 1 aliphatic heterocycles. The normalized spacial score (nSPS) is 15.7. The van der Waals surface area contributed by atoms with Crippen LogP contribution in [0.15, 0.2) is 66.7 Å². The van der Waals surface area contributed by atoms with Gasteiger partial charge >= 0.3 is 0 Å². The first-order valence-electron chi connectivity index (χ1n) is 11.8. The molecule has 3 aromatic rings. The molecule has 0 aliphatic carbocycles. The van der Waals surface area contributed by atoms with Crippen LogP contribution in [0.4, 0.5) is 5.69 Å². The largest absolute Gasteiger partial charge is 0.508 e. The lowest BCUT2D eigenvalue weighted by Gasteiger charge is -2.38. The summed E-state index contributed by atoms with van der Waals surface area (Å²) in [6.07, 6.45) is 1.15. The number of nitrogens with one attached hydrogen (secondary N) is 2. The van der Waals surface area contributed by atoms with Gasteiger partial charge in [-0.3, -0.25) is 4.79 Å². The SMILES string of the molecule is Cc1cc(O)cc(C)c1C[C@H](N)C(=O)N1Cc2ccccc2C[C@H]1CNC(=S)Nc1ccccc1. The molecule has 182 valence electrons. The van der Waals surface area contributed by atoms with E-state index in [0.717, 1.165) is 34.4 Å². The molecule has 6 nitrogen and oxygen atoms in total. The molecule has 4 rings (SSSR count). The number of para-hydroxylation sites is 1. The number of thiocarbonyl (C=S) groups is 1. The number of hydrogen-bond donors (Lipinski definition) is 4. The van der Waals surface area contributed by atoms with Crippen molar-refractivity contribution in [3.63, 3.8) is 0 Å². The Morgan fingerprint density at radius 2 is 1.71 bits per heavy atom. The predicted molar refractivity (Wildman–Crippen MR) is 144 cm³/mol. The summed E-state index contributed by atoms with van der Waals surface area (Å²) in [7, 11) is 0. The van der Waals surface area contributed by atoms with Gasteiger partial charge in [0, 0.05) is 18.8 Å². The van der Waals surface area contributed by atoms with Crippen LogP contribution >= 0.6 is 12.2 Å². The molecule has 5 N–H and O–H groups in total. The molecule has 0 radical (unpaired) electrons. The van der Waals surface area contributed by atoms with Crippen molar-refractivity contribution in [2.45, 2.75) is 45.3 Å². The molecule has 0 fully saturated rings. The van der Waals surface area contributed by atoms with E-state index in [0.29, 0.717) is 24.6 Å². The van der Waals surface area contributed by atoms with Gasteiger partial charge in [-0.15, -0.1) is 0 Å². The van der Waals surface area contributed by atoms with Gasteiger partial charge in [-0.05, 0) is 91.0 Å². The number of aromatic hydroxyl groups is 1. The van der Waals surface area contributed by atoms with Gasteiger partial charge in [0.15, 0.2) is 5.11 Å². The Kier molecular flexibility index (Phi) is 7.68. The van der Waals surface area contributed by atoms with Gasteiger partial charge in [0.1, 0.15) is 5.75 Å². The van der Waals surface area contributed by atoms with E-state index in [-0.39, 0.29) is 17.7 Å². The molecule has 1 heterocycles. The molecule has 0 bridgehead atoms. The molecule has 2 atom stereocenters. The van der Waals surface area contributed by atoms with E-state index in [1.54, 1.807) is 12.1 Å². The lowest BCUT2D eigenvalue weighted by atomic mass is 9.91. The maximum absolute atomic E-state index is 13.6. The highest BCUT2D eigenvalue weighted by Crippen LogP contribution is 2.26. The van der Waals surface area contributed by atoms with Crippen molar-refractivity contribution in [3.05, 3.63) is 94.5 Å². The van der Waals surface area contributed by atoms with E-state index in [2.05, 4.69) is 22.8 Å². The molecule has 0 saturated carbocycles. The highest BCUT2D eigenvalue weighted by molar-refractivity contribution is 7.80. The highest BCUT2D eigenvalue weighted by atomic mass is 32.1. The van der Waals surface area contributed by atoms with Crippen LogP contribution in [0.5, 0.6) is 5.75 Å². The minimum atomic E-state index is -0.681. The van der Waals surface area contributed by atoms with Crippen molar-refractivity contribution in [3.8, 4) is 5.75 Å². The van der Waals surface area contributed by atoms with Crippen molar-refractivity contribution >= 4 is 28.9 Å². The van der Waals surface area contributed by atoms with Crippen molar-refractivity contribution in [2.24, 2.45) is 5.73 Å². The summed E-state index contributed by atoms with van der Waals surface area (Å²) in [5.41, 5.74) is 12.7. The van der Waals surface area contributed by atoms with Crippen LogP contribution in [0, 0.1) is 13.8 Å². The first-order valence-corrected chi connectivity index (χ1v) is 12.2. The fraction of sp³-hybridized carbons (Fsp3) is 0.286. The van der Waals surface area contributed by atoms with Gasteiger partial charge < -0.3 is 26.4 Å². The third-order valence-corrected chi connectivity index (χ3v) is 6.84. The second-order valence-electron chi connectivity index (χ2n) is 9.16. The van der Waals surface area contributed by atoms with Gasteiger partial charge in [0.2, 0.25) is 5.91 Å². The second kappa shape index (κ2) is 10.9. The van der Waals surface area contributed by atoms with E-state index in [4.69, 9.17) is 18.0 Å². The molecule has 0 aromatic heterocycles. The number of phenols is 1. The van der Waals surface area contributed by atoms with Crippen LogP contribution in [0.3, 0.4) is 0 Å². The molecular weight excluding hydrogens is 456 g/mol. The molecule has 35 heavy (non-hydrogen) atoms. The number of carbonyl (C=O) groups is 1. The van der Waals surface area contributed by atoms with E-state index < -0.39 is 6.04 Å². The Bertz CT molecular complexity index is 1190. The third kappa shape index (κ3) is 5.99. The van der Waals surface area contributed by atoms with Crippen LogP contribution in [-0.2, 0) is 24.2 Å². The summed E-state index contributed by atoms with van der Waals surface area (Å²) in [6, 6.07) is 20.6. The van der Waals surface area contributed by atoms with Crippen LogP contribution in [0.25, 0.3) is 0 Å². The first kappa shape index (κ1) is 24.7. The number of hydrogen-bond acceptors (Lipinski definition) is 4. The smallest absolute Gasteiger partial charge is 0.240 e. The summed E-state index contributed by atoms with van der Waals surface area (Å²) in [5.74, 6) is 0.141. The number of nitrogens with two attached hydrogens (primary N) is 1. The van der Waals surface area contributed by atoms with Crippen molar-refractivity contribution < 1.29 is 9.90 Å². The quantitative estimate of drug-likeness (QED) is 0.395. The van der Waals surface area contributed by atoms with Gasteiger partial charge in [-0.1, -0.05) is 42.5 Å². The number of phenolic OH excluding ortho intramolecular Hbond substituents is 1. The molecule has 1 amide bonds. The van der Waals surface area contributed by atoms with Crippen LogP contribution in [0.1, 0.15) is 27.8 Å². The fourth-order valence-corrected chi connectivity index (χ4v) is 4.95. The van der Waals surface area contributed by atoms with Gasteiger partial charge in [-0.2, -0.15) is 0 Å². The van der Waals surface area contributed by atoms with Crippen molar-refractivity contribution in [2.75, 3.05) is 11.9 Å². The maximum atomic E-state index is 13.6. The minimum Gasteiger partial charge on any atom is -0.508 e.